The van der Waals surface area contributed by atoms with E-state index in [2.05, 4.69) is 0 Å². The molecule has 0 atom stereocenters. The maximum Gasteiger partial charge on any atom is 0.312 e. The van der Waals surface area contributed by atoms with Gasteiger partial charge in [0.1, 0.15) is 5.82 Å². The lowest BCUT2D eigenvalue weighted by molar-refractivity contribution is -0.156. The van der Waals surface area contributed by atoms with E-state index >= 15 is 0 Å². The van der Waals surface area contributed by atoms with E-state index in [1.165, 1.54) is 21.9 Å². The molecule has 3 amide bonds. The van der Waals surface area contributed by atoms with Crippen LogP contribution in [-0.4, -0.2) is 65.1 Å². The van der Waals surface area contributed by atoms with Gasteiger partial charge >= 0.3 is 11.8 Å². The fraction of sp³-hybridized carbons (Fsp3) is 0.526. The second-order valence-corrected chi connectivity index (χ2v) is 6.84. The van der Waals surface area contributed by atoms with Crippen molar-refractivity contribution in [2.24, 2.45) is 0 Å². The first-order chi connectivity index (χ1) is 12.5. The number of likely N-dealkylation sites (tertiary alicyclic amines) is 1. The summed E-state index contributed by atoms with van der Waals surface area (Å²) in [5.74, 6) is -1.25. The minimum atomic E-state index is -0.536. The Balaban J connectivity index is 1.45. The average Bonchev–Trinajstić information content (AvgIpc) is 3.17. The number of rotatable bonds is 6. The van der Waals surface area contributed by atoms with E-state index in [4.69, 9.17) is 0 Å². The van der Waals surface area contributed by atoms with E-state index in [0.29, 0.717) is 39.0 Å². The zero-order valence-electron chi connectivity index (χ0n) is 14.8. The highest BCUT2D eigenvalue weighted by Gasteiger charge is 2.32. The molecule has 0 N–H and O–H groups in total. The van der Waals surface area contributed by atoms with Crippen molar-refractivity contribution >= 4 is 17.7 Å². The van der Waals surface area contributed by atoms with Crippen molar-refractivity contribution in [2.75, 3.05) is 32.7 Å². The number of halogens is 1. The van der Waals surface area contributed by atoms with E-state index in [1.807, 2.05) is 4.90 Å². The Morgan fingerprint density at radius 2 is 1.54 bits per heavy atom. The zero-order chi connectivity index (χ0) is 18.5. The monoisotopic (exact) mass is 361 g/mol. The van der Waals surface area contributed by atoms with Crippen LogP contribution in [0.2, 0.25) is 0 Å². The van der Waals surface area contributed by atoms with Gasteiger partial charge < -0.3 is 14.7 Å². The molecule has 0 spiro atoms. The van der Waals surface area contributed by atoms with Crippen molar-refractivity contribution in [1.29, 1.82) is 0 Å². The predicted molar refractivity (Wildman–Crippen MR) is 93.4 cm³/mol. The van der Waals surface area contributed by atoms with Crippen molar-refractivity contribution < 1.29 is 18.8 Å². The highest BCUT2D eigenvalue weighted by molar-refractivity contribution is 6.35. The number of nitrogens with zero attached hydrogens (tertiary/aromatic N) is 3. The molecule has 1 aromatic rings. The normalized spacial score (nSPS) is 18.0. The van der Waals surface area contributed by atoms with Crippen LogP contribution >= 0.6 is 0 Å². The minimum absolute atomic E-state index is 0.135. The quantitative estimate of drug-likeness (QED) is 0.720. The summed E-state index contributed by atoms with van der Waals surface area (Å²) in [6, 6.07) is 5.91. The summed E-state index contributed by atoms with van der Waals surface area (Å²) in [6.07, 6.45) is 3.12. The summed E-state index contributed by atoms with van der Waals surface area (Å²) in [4.78, 5) is 41.5. The number of carbonyl (C=O) groups is 3. The first-order valence-electron chi connectivity index (χ1n) is 9.15. The minimum Gasteiger partial charge on any atom is -0.343 e. The molecular formula is C19H24FN3O3. The lowest BCUT2D eigenvalue weighted by Gasteiger charge is -2.33. The van der Waals surface area contributed by atoms with Gasteiger partial charge in [-0.2, -0.15) is 0 Å². The van der Waals surface area contributed by atoms with Crippen LogP contribution in [0.3, 0.4) is 0 Å². The van der Waals surface area contributed by atoms with Crippen LogP contribution < -0.4 is 0 Å². The molecule has 140 valence electrons. The summed E-state index contributed by atoms with van der Waals surface area (Å²) < 4.78 is 13.0. The topological polar surface area (TPSA) is 60.9 Å². The summed E-state index contributed by atoms with van der Waals surface area (Å²) >= 11 is 0. The van der Waals surface area contributed by atoms with Gasteiger partial charge in [0.25, 0.3) is 0 Å². The summed E-state index contributed by atoms with van der Waals surface area (Å²) in [6.45, 7) is 3.29. The summed E-state index contributed by atoms with van der Waals surface area (Å²) in [5.41, 5.74) is 0.789. The molecule has 0 bridgehead atoms. The van der Waals surface area contributed by atoms with Crippen molar-refractivity contribution in [2.45, 2.75) is 32.2 Å². The molecule has 2 fully saturated rings. The van der Waals surface area contributed by atoms with E-state index in [-0.39, 0.29) is 11.7 Å². The molecule has 6 nitrogen and oxygen atoms in total. The van der Waals surface area contributed by atoms with Gasteiger partial charge in [0.15, 0.2) is 0 Å². The van der Waals surface area contributed by atoms with E-state index in [0.717, 1.165) is 31.5 Å². The van der Waals surface area contributed by atoms with Gasteiger partial charge in [-0.05, 0) is 37.0 Å². The number of amides is 3. The van der Waals surface area contributed by atoms with Crippen LogP contribution in [0, 0.1) is 5.82 Å². The SMILES string of the molecule is O=C(CCCN1CCN(Cc2ccc(F)cc2)C(=O)C1=O)N1CCCC1. The van der Waals surface area contributed by atoms with Gasteiger partial charge in [0, 0.05) is 45.7 Å². The Bertz CT molecular complexity index is 671. The molecule has 1 aromatic carbocycles. The van der Waals surface area contributed by atoms with Crippen LogP contribution in [0.4, 0.5) is 4.39 Å². The van der Waals surface area contributed by atoms with Crippen LogP contribution in [-0.2, 0) is 20.9 Å². The van der Waals surface area contributed by atoms with Crippen molar-refractivity contribution in [3.63, 3.8) is 0 Å². The lowest BCUT2D eigenvalue weighted by Crippen LogP contribution is -2.54. The Labute approximate surface area is 152 Å². The second kappa shape index (κ2) is 8.29. The largest absolute Gasteiger partial charge is 0.343 e. The average molecular weight is 361 g/mol. The summed E-state index contributed by atoms with van der Waals surface area (Å²) in [7, 11) is 0. The molecule has 0 saturated carbocycles. The van der Waals surface area contributed by atoms with Crippen LogP contribution in [0.1, 0.15) is 31.2 Å². The molecule has 0 unspecified atom stereocenters. The molecule has 3 rings (SSSR count). The predicted octanol–water partition coefficient (Wildman–Crippen LogP) is 1.40. The summed E-state index contributed by atoms with van der Waals surface area (Å²) in [5, 5.41) is 0. The number of hydrogen-bond donors (Lipinski definition) is 0. The maximum atomic E-state index is 13.0. The van der Waals surface area contributed by atoms with Crippen LogP contribution in [0.5, 0.6) is 0 Å². The molecule has 7 heteroatoms. The Hall–Kier alpha value is -2.44. The third kappa shape index (κ3) is 4.39. The highest BCUT2D eigenvalue weighted by Crippen LogP contribution is 2.13. The standard InChI is InChI=1S/C19H24FN3O3/c20-16-7-5-15(6-8-16)14-23-13-12-22(18(25)19(23)26)11-3-4-17(24)21-9-1-2-10-21/h5-8H,1-4,9-14H2. The van der Waals surface area contributed by atoms with Crippen molar-refractivity contribution in [1.82, 2.24) is 14.7 Å². The number of piperazine rings is 1. The van der Waals surface area contributed by atoms with Crippen LogP contribution in [0.15, 0.2) is 24.3 Å². The van der Waals surface area contributed by atoms with Gasteiger partial charge in [0.2, 0.25) is 5.91 Å². The molecule has 0 aromatic heterocycles. The van der Waals surface area contributed by atoms with Crippen molar-refractivity contribution in [3.8, 4) is 0 Å². The van der Waals surface area contributed by atoms with E-state index < -0.39 is 11.8 Å². The third-order valence-corrected chi connectivity index (χ3v) is 4.96. The first-order valence-corrected chi connectivity index (χ1v) is 9.15. The third-order valence-electron chi connectivity index (χ3n) is 4.96. The molecule has 2 aliphatic heterocycles. The first kappa shape index (κ1) is 18.4. The smallest absolute Gasteiger partial charge is 0.312 e. The molecule has 26 heavy (non-hydrogen) atoms. The Kier molecular flexibility index (Phi) is 5.85. The van der Waals surface area contributed by atoms with Gasteiger partial charge in [-0.25, -0.2) is 4.39 Å². The lowest BCUT2D eigenvalue weighted by atomic mass is 10.1. The highest BCUT2D eigenvalue weighted by atomic mass is 19.1. The molecule has 2 aliphatic rings. The maximum absolute atomic E-state index is 13.0. The fourth-order valence-corrected chi connectivity index (χ4v) is 3.44. The number of benzene rings is 1. The van der Waals surface area contributed by atoms with Gasteiger partial charge in [-0.3, -0.25) is 14.4 Å². The Morgan fingerprint density at radius 1 is 0.923 bits per heavy atom. The van der Waals surface area contributed by atoms with Gasteiger partial charge in [-0.1, -0.05) is 12.1 Å². The second-order valence-electron chi connectivity index (χ2n) is 6.84. The van der Waals surface area contributed by atoms with Crippen LogP contribution in [0.25, 0.3) is 0 Å². The molecular weight excluding hydrogens is 337 g/mol. The number of hydrogen-bond acceptors (Lipinski definition) is 3. The van der Waals surface area contributed by atoms with Gasteiger partial charge in [-0.15, -0.1) is 0 Å². The molecule has 0 radical (unpaired) electrons. The fourth-order valence-electron chi connectivity index (χ4n) is 3.44. The van der Waals surface area contributed by atoms with Gasteiger partial charge in [0.05, 0.1) is 0 Å². The van der Waals surface area contributed by atoms with E-state index in [9.17, 15) is 18.8 Å². The van der Waals surface area contributed by atoms with Crippen molar-refractivity contribution in [3.05, 3.63) is 35.6 Å². The Morgan fingerprint density at radius 3 is 2.23 bits per heavy atom. The number of carbonyl (C=O) groups excluding carboxylic acids is 3. The zero-order valence-corrected chi connectivity index (χ0v) is 14.8. The molecule has 2 saturated heterocycles. The molecule has 2 heterocycles. The molecule has 0 aliphatic carbocycles. The van der Waals surface area contributed by atoms with E-state index in [1.54, 1.807) is 12.1 Å².